The topological polar surface area (TPSA) is 41.6 Å². The van der Waals surface area contributed by atoms with Crippen LogP contribution in [-0.4, -0.2) is 43.3 Å². The molecule has 0 bridgehead atoms. The van der Waals surface area contributed by atoms with Crippen LogP contribution in [0.25, 0.3) is 0 Å². The maximum absolute atomic E-state index is 11.9. The molecule has 0 aromatic rings. The minimum atomic E-state index is -0.00917. The van der Waals surface area contributed by atoms with E-state index < -0.39 is 0 Å². The van der Waals surface area contributed by atoms with Crippen LogP contribution >= 0.6 is 0 Å². The molecule has 1 heterocycles. The van der Waals surface area contributed by atoms with Crippen LogP contribution in [0.3, 0.4) is 0 Å². The van der Waals surface area contributed by atoms with Crippen molar-refractivity contribution in [2.75, 3.05) is 26.4 Å². The van der Waals surface area contributed by atoms with Crippen molar-refractivity contribution in [2.24, 2.45) is 11.8 Å². The zero-order chi connectivity index (χ0) is 12.1. The Kier molecular flexibility index (Phi) is 5.22. The number of hydrogen-bond acceptors (Lipinski definition) is 3. The lowest BCUT2D eigenvalue weighted by Crippen LogP contribution is -2.35. The molecule has 4 nitrogen and oxygen atoms in total. The molecule has 4 heteroatoms. The van der Waals surface area contributed by atoms with Gasteiger partial charge in [-0.25, -0.2) is 0 Å². The van der Waals surface area contributed by atoms with Crippen molar-refractivity contribution in [2.45, 2.75) is 33.7 Å². The van der Waals surface area contributed by atoms with Gasteiger partial charge >= 0.3 is 0 Å². The number of nitrogens with zero attached hydrogens (tertiary/aromatic N) is 1. The zero-order valence-electron chi connectivity index (χ0n) is 10.8. The van der Waals surface area contributed by atoms with Crippen molar-refractivity contribution >= 4 is 5.91 Å². The van der Waals surface area contributed by atoms with E-state index in [9.17, 15) is 4.79 Å². The van der Waals surface area contributed by atoms with Crippen molar-refractivity contribution < 1.29 is 9.53 Å². The van der Waals surface area contributed by atoms with E-state index in [4.69, 9.17) is 4.74 Å². The molecule has 1 aliphatic heterocycles. The van der Waals surface area contributed by atoms with Gasteiger partial charge in [0.2, 0.25) is 5.91 Å². The maximum atomic E-state index is 11.9. The van der Waals surface area contributed by atoms with E-state index >= 15 is 0 Å². The summed E-state index contributed by atoms with van der Waals surface area (Å²) in [6.07, 6.45) is 0. The summed E-state index contributed by atoms with van der Waals surface area (Å²) in [6, 6.07) is -0.00917. The average molecular weight is 228 g/mol. The molecule has 0 aromatic carbocycles. The third kappa shape index (κ3) is 3.76. The highest BCUT2D eigenvalue weighted by molar-refractivity contribution is 5.83. The SMILES string of the molecule is CC(C)COCCN1CNC(C(C)C)C1=O. The molecule has 1 atom stereocenters. The lowest BCUT2D eigenvalue weighted by Gasteiger charge is -2.17. The van der Waals surface area contributed by atoms with E-state index in [0.717, 1.165) is 6.61 Å². The van der Waals surface area contributed by atoms with Crippen molar-refractivity contribution in [3.05, 3.63) is 0 Å². The fourth-order valence-electron chi connectivity index (χ4n) is 1.77. The third-order valence-electron chi connectivity index (χ3n) is 2.70. The first-order valence-corrected chi connectivity index (χ1v) is 6.12. The highest BCUT2D eigenvalue weighted by Crippen LogP contribution is 2.11. The van der Waals surface area contributed by atoms with Gasteiger partial charge in [-0.2, -0.15) is 0 Å². The molecule has 0 saturated carbocycles. The van der Waals surface area contributed by atoms with E-state index in [1.54, 1.807) is 0 Å². The Morgan fingerprint density at radius 2 is 2.12 bits per heavy atom. The number of carbonyl (C=O) groups is 1. The minimum Gasteiger partial charge on any atom is -0.379 e. The van der Waals surface area contributed by atoms with Crippen LogP contribution in [0.15, 0.2) is 0 Å². The molecular weight excluding hydrogens is 204 g/mol. The van der Waals surface area contributed by atoms with Gasteiger partial charge in [0.05, 0.1) is 19.3 Å². The summed E-state index contributed by atoms with van der Waals surface area (Å²) in [5.74, 6) is 1.12. The molecule has 1 amide bonds. The van der Waals surface area contributed by atoms with Crippen molar-refractivity contribution in [1.29, 1.82) is 0 Å². The summed E-state index contributed by atoms with van der Waals surface area (Å²) in [4.78, 5) is 13.7. The van der Waals surface area contributed by atoms with Crippen molar-refractivity contribution in [1.82, 2.24) is 10.2 Å². The van der Waals surface area contributed by atoms with Gasteiger partial charge in [-0.1, -0.05) is 27.7 Å². The Hall–Kier alpha value is -0.610. The summed E-state index contributed by atoms with van der Waals surface area (Å²) >= 11 is 0. The molecule has 1 N–H and O–H groups in total. The molecule has 1 aliphatic rings. The summed E-state index contributed by atoms with van der Waals surface area (Å²) in [6.45, 7) is 11.1. The Bertz CT molecular complexity index is 229. The first kappa shape index (κ1) is 13.5. The van der Waals surface area contributed by atoms with Crippen LogP contribution in [0.1, 0.15) is 27.7 Å². The number of hydrogen-bond donors (Lipinski definition) is 1. The van der Waals surface area contributed by atoms with Gasteiger partial charge in [-0.05, 0) is 11.8 Å². The van der Waals surface area contributed by atoms with Gasteiger partial charge in [-0.15, -0.1) is 0 Å². The van der Waals surface area contributed by atoms with Crippen LogP contribution in [0, 0.1) is 11.8 Å². The second kappa shape index (κ2) is 6.21. The molecule has 0 radical (unpaired) electrons. The molecular formula is C12H24N2O2. The van der Waals surface area contributed by atoms with E-state index in [1.807, 2.05) is 4.90 Å². The smallest absolute Gasteiger partial charge is 0.241 e. The zero-order valence-corrected chi connectivity index (χ0v) is 10.8. The van der Waals surface area contributed by atoms with Gasteiger partial charge in [0, 0.05) is 13.2 Å². The Balaban J connectivity index is 2.22. The van der Waals surface area contributed by atoms with Gasteiger partial charge in [0.1, 0.15) is 0 Å². The molecule has 1 unspecified atom stereocenters. The number of amides is 1. The van der Waals surface area contributed by atoms with Gasteiger partial charge in [-0.3, -0.25) is 10.1 Å². The highest BCUT2D eigenvalue weighted by Gasteiger charge is 2.32. The summed E-state index contributed by atoms with van der Waals surface area (Å²) in [7, 11) is 0. The lowest BCUT2D eigenvalue weighted by molar-refractivity contribution is -0.130. The van der Waals surface area contributed by atoms with Crippen LogP contribution < -0.4 is 5.32 Å². The Morgan fingerprint density at radius 1 is 1.44 bits per heavy atom. The second-order valence-corrected chi connectivity index (χ2v) is 5.15. The number of carbonyl (C=O) groups excluding carboxylic acids is 1. The molecule has 0 aromatic heterocycles. The molecule has 16 heavy (non-hydrogen) atoms. The number of ether oxygens (including phenoxy) is 1. The Morgan fingerprint density at radius 3 is 2.62 bits per heavy atom. The maximum Gasteiger partial charge on any atom is 0.241 e. The largest absolute Gasteiger partial charge is 0.379 e. The fraction of sp³-hybridized carbons (Fsp3) is 0.917. The molecule has 1 saturated heterocycles. The van der Waals surface area contributed by atoms with E-state index in [1.165, 1.54) is 0 Å². The highest BCUT2D eigenvalue weighted by atomic mass is 16.5. The van der Waals surface area contributed by atoms with Crippen molar-refractivity contribution in [3.63, 3.8) is 0 Å². The predicted octanol–water partition coefficient (Wildman–Crippen LogP) is 1.07. The first-order chi connectivity index (χ1) is 7.52. The molecule has 94 valence electrons. The number of rotatable bonds is 6. The molecule has 1 rings (SSSR count). The summed E-state index contributed by atoms with van der Waals surface area (Å²) in [5.41, 5.74) is 0. The summed E-state index contributed by atoms with van der Waals surface area (Å²) < 4.78 is 5.48. The van der Waals surface area contributed by atoms with Crippen LogP contribution in [-0.2, 0) is 9.53 Å². The molecule has 1 fully saturated rings. The first-order valence-electron chi connectivity index (χ1n) is 6.12. The average Bonchev–Trinajstić information content (AvgIpc) is 2.54. The predicted molar refractivity (Wildman–Crippen MR) is 64.0 cm³/mol. The van der Waals surface area contributed by atoms with E-state index in [0.29, 0.717) is 31.7 Å². The van der Waals surface area contributed by atoms with Crippen LogP contribution in [0.2, 0.25) is 0 Å². The molecule has 0 spiro atoms. The van der Waals surface area contributed by atoms with E-state index in [-0.39, 0.29) is 11.9 Å². The van der Waals surface area contributed by atoms with Crippen molar-refractivity contribution in [3.8, 4) is 0 Å². The minimum absolute atomic E-state index is 0.00917. The summed E-state index contributed by atoms with van der Waals surface area (Å²) in [5, 5.41) is 3.23. The van der Waals surface area contributed by atoms with Gasteiger partial charge in [0.25, 0.3) is 0 Å². The normalized spacial score (nSPS) is 21.5. The third-order valence-corrected chi connectivity index (χ3v) is 2.70. The molecule has 0 aliphatic carbocycles. The van der Waals surface area contributed by atoms with Gasteiger partial charge < -0.3 is 9.64 Å². The quantitative estimate of drug-likeness (QED) is 0.692. The monoisotopic (exact) mass is 228 g/mol. The van der Waals surface area contributed by atoms with Crippen LogP contribution in [0.5, 0.6) is 0 Å². The van der Waals surface area contributed by atoms with Gasteiger partial charge in [0.15, 0.2) is 0 Å². The fourth-order valence-corrected chi connectivity index (χ4v) is 1.77. The second-order valence-electron chi connectivity index (χ2n) is 5.15. The van der Waals surface area contributed by atoms with E-state index in [2.05, 4.69) is 33.0 Å². The number of nitrogens with one attached hydrogen (secondary N) is 1. The van der Waals surface area contributed by atoms with Crippen LogP contribution in [0.4, 0.5) is 0 Å². The standard InChI is InChI=1S/C12H24N2O2/c1-9(2)7-16-6-5-14-8-13-11(10(3)4)12(14)15/h9-11,13H,5-8H2,1-4H3. The Labute approximate surface area is 98.3 Å². The lowest BCUT2D eigenvalue weighted by atomic mass is 10.1.